The molecule has 0 aliphatic carbocycles. The first-order valence-electron chi connectivity index (χ1n) is 17.8. The van der Waals surface area contributed by atoms with Crippen molar-refractivity contribution in [1.29, 1.82) is 0 Å². The zero-order chi connectivity index (χ0) is 39.8. The van der Waals surface area contributed by atoms with Crippen molar-refractivity contribution in [2.45, 2.75) is 108 Å². The fraction of sp³-hybridized carbons (Fsp3) is 0.526. The van der Waals surface area contributed by atoms with Gasteiger partial charge in [-0.05, 0) is 55.5 Å². The van der Waals surface area contributed by atoms with Crippen molar-refractivity contribution in [2.24, 2.45) is 0 Å². The number of hydrogen-bond donors (Lipinski definition) is 6. The quantitative estimate of drug-likeness (QED) is 0.0606. The normalized spacial score (nSPS) is 16.4. The van der Waals surface area contributed by atoms with Crippen molar-refractivity contribution in [1.82, 2.24) is 10.6 Å². The molecule has 2 amide bonds. The van der Waals surface area contributed by atoms with Crippen molar-refractivity contribution in [3.05, 3.63) is 94.0 Å². The van der Waals surface area contributed by atoms with Gasteiger partial charge in [0.15, 0.2) is 23.5 Å². The minimum Gasteiger partial charge on any atom is -0.505 e. The van der Waals surface area contributed by atoms with Crippen LogP contribution >= 0.6 is 0 Å². The molecule has 2 aromatic carbocycles. The second kappa shape index (κ2) is 21.4. The molecule has 0 saturated carbocycles. The lowest BCUT2D eigenvalue weighted by molar-refractivity contribution is -0.137. The summed E-state index contributed by atoms with van der Waals surface area (Å²) >= 11 is 0. The van der Waals surface area contributed by atoms with Crippen LogP contribution in [0, 0.1) is 11.6 Å². The van der Waals surface area contributed by atoms with E-state index in [-0.39, 0.29) is 12.0 Å². The number of aliphatic hydroxyl groups is 4. The summed E-state index contributed by atoms with van der Waals surface area (Å²) in [5.41, 5.74) is -0.0584. The standard InChI is InChI=1S/C38H49F5N2O9/c1-23(46)33(49)29(45-31(47)15-10-8-6-4-3-5-7-9-12-24-16-17-27(39)28(40)19-24)22-53-37-36(52-2)35(51)34(50)30(54-37)21-44-32(48)20-25-13-11-14-26(18-25)38(41,42)43/h11,13-14,16-19,23,29-30,33,46,49-51H,3-10,12,15,20-22H2,1-2H3,(H,44,48)(H,45,47)/t23-,29+,30?,33-/m1/s1. The number of aryl methyl sites for hydroxylation is 1. The van der Waals surface area contributed by atoms with Crippen LogP contribution in [0.5, 0.6) is 0 Å². The lowest BCUT2D eigenvalue weighted by Gasteiger charge is -2.30. The number of halogens is 5. The predicted molar refractivity (Wildman–Crippen MR) is 187 cm³/mol. The molecule has 54 heavy (non-hydrogen) atoms. The highest BCUT2D eigenvalue weighted by molar-refractivity contribution is 5.78. The SMILES string of the molecule is COC1=C(OC[C@H](NC(=O)CCCCCCCCCCc2ccc(F)c(F)c2)[C@H](O)[C@@H](C)O)OC(CNC(=O)Cc2cccc(C(F)(F)F)c2)C(O)=C1O. The van der Waals surface area contributed by atoms with Gasteiger partial charge in [0.05, 0.1) is 37.8 Å². The number of carbonyl (C=O) groups is 2. The van der Waals surface area contributed by atoms with E-state index in [0.29, 0.717) is 12.8 Å². The Morgan fingerprint density at radius 3 is 2.19 bits per heavy atom. The van der Waals surface area contributed by atoms with Gasteiger partial charge < -0.3 is 45.3 Å². The van der Waals surface area contributed by atoms with Gasteiger partial charge in [-0.3, -0.25) is 9.59 Å². The van der Waals surface area contributed by atoms with Gasteiger partial charge in [-0.2, -0.15) is 13.2 Å². The topological polar surface area (TPSA) is 167 Å². The van der Waals surface area contributed by atoms with Gasteiger partial charge in [-0.25, -0.2) is 8.78 Å². The molecule has 1 aliphatic heterocycles. The fourth-order valence-electron chi connectivity index (χ4n) is 5.71. The molecule has 0 saturated heterocycles. The van der Waals surface area contributed by atoms with Crippen LogP contribution in [0.1, 0.15) is 81.4 Å². The second-order valence-electron chi connectivity index (χ2n) is 13.1. The van der Waals surface area contributed by atoms with Crippen molar-refractivity contribution >= 4 is 11.8 Å². The number of rotatable bonds is 22. The summed E-state index contributed by atoms with van der Waals surface area (Å²) in [7, 11) is 1.14. The fourth-order valence-corrected chi connectivity index (χ4v) is 5.71. The summed E-state index contributed by atoms with van der Waals surface area (Å²) < 4.78 is 81.9. The third-order valence-corrected chi connectivity index (χ3v) is 8.76. The molecular formula is C38H49F5N2O9. The molecule has 4 atom stereocenters. The number of alkyl halides is 3. The number of aliphatic hydroxyl groups excluding tert-OH is 4. The molecule has 0 aromatic heterocycles. The van der Waals surface area contributed by atoms with E-state index >= 15 is 0 Å². The maximum absolute atomic E-state index is 13.3. The van der Waals surface area contributed by atoms with E-state index in [1.165, 1.54) is 25.1 Å². The molecule has 3 rings (SSSR count). The lowest BCUT2D eigenvalue weighted by atomic mass is 10.0. The molecule has 1 unspecified atom stereocenters. The number of hydrogen-bond acceptors (Lipinski definition) is 9. The third kappa shape index (κ3) is 14.0. The maximum atomic E-state index is 13.3. The first-order valence-corrected chi connectivity index (χ1v) is 17.8. The van der Waals surface area contributed by atoms with Crippen molar-refractivity contribution in [2.75, 3.05) is 20.3 Å². The van der Waals surface area contributed by atoms with Gasteiger partial charge in [-0.1, -0.05) is 62.8 Å². The molecule has 16 heteroatoms. The Labute approximate surface area is 310 Å². The molecule has 0 bridgehead atoms. The van der Waals surface area contributed by atoms with Crippen LogP contribution in [-0.4, -0.2) is 76.9 Å². The number of unbranched alkanes of at least 4 members (excludes halogenated alkanes) is 7. The van der Waals surface area contributed by atoms with Gasteiger partial charge in [0.25, 0.3) is 0 Å². The van der Waals surface area contributed by atoms with E-state index in [1.54, 1.807) is 6.07 Å². The summed E-state index contributed by atoms with van der Waals surface area (Å²) in [6, 6.07) is 7.04. The molecule has 6 N–H and O–H groups in total. The van der Waals surface area contributed by atoms with Crippen LogP contribution in [-0.2, 0) is 42.8 Å². The third-order valence-electron chi connectivity index (χ3n) is 8.76. The molecule has 0 fully saturated rings. The first-order chi connectivity index (χ1) is 25.6. The average Bonchev–Trinajstić information content (AvgIpc) is 3.12. The molecule has 300 valence electrons. The van der Waals surface area contributed by atoms with Gasteiger partial charge in [-0.15, -0.1) is 0 Å². The number of amides is 2. The summed E-state index contributed by atoms with van der Waals surface area (Å²) in [4.78, 5) is 25.3. The smallest absolute Gasteiger partial charge is 0.416 e. The molecular weight excluding hydrogens is 723 g/mol. The number of methoxy groups -OCH3 is 1. The number of benzene rings is 2. The van der Waals surface area contributed by atoms with Crippen molar-refractivity contribution in [3.63, 3.8) is 0 Å². The largest absolute Gasteiger partial charge is 0.505 e. The molecule has 1 heterocycles. The molecule has 0 spiro atoms. The minimum atomic E-state index is -4.59. The molecule has 11 nitrogen and oxygen atoms in total. The Bertz CT molecular complexity index is 1600. The minimum absolute atomic E-state index is 0.0912. The highest BCUT2D eigenvalue weighted by Crippen LogP contribution is 2.30. The van der Waals surface area contributed by atoms with E-state index < -0.39 is 102 Å². The summed E-state index contributed by atoms with van der Waals surface area (Å²) in [5, 5.41) is 46.7. The summed E-state index contributed by atoms with van der Waals surface area (Å²) in [6.45, 7) is 0.403. The zero-order valence-electron chi connectivity index (χ0n) is 30.3. The van der Waals surface area contributed by atoms with Gasteiger partial charge >= 0.3 is 12.1 Å². The molecule has 1 aliphatic rings. The van der Waals surface area contributed by atoms with Crippen LogP contribution in [0.4, 0.5) is 22.0 Å². The molecule has 0 radical (unpaired) electrons. The Morgan fingerprint density at radius 1 is 0.889 bits per heavy atom. The lowest BCUT2D eigenvalue weighted by Crippen LogP contribution is -2.50. The summed E-state index contributed by atoms with van der Waals surface area (Å²) in [5.74, 6) is -5.22. The average molecular weight is 773 g/mol. The first kappa shape index (κ1) is 43.8. The van der Waals surface area contributed by atoms with Crippen molar-refractivity contribution < 1.29 is 66.2 Å². The van der Waals surface area contributed by atoms with E-state index in [2.05, 4.69) is 10.6 Å². The maximum Gasteiger partial charge on any atom is 0.416 e. The van der Waals surface area contributed by atoms with Crippen LogP contribution in [0.15, 0.2) is 65.7 Å². The molecule has 2 aromatic rings. The van der Waals surface area contributed by atoms with Crippen LogP contribution in [0.3, 0.4) is 0 Å². The van der Waals surface area contributed by atoms with Gasteiger partial charge in [0.1, 0.15) is 12.7 Å². The van der Waals surface area contributed by atoms with Crippen LogP contribution in [0.25, 0.3) is 0 Å². The van der Waals surface area contributed by atoms with E-state index in [9.17, 15) is 52.0 Å². The predicted octanol–water partition coefficient (Wildman–Crippen LogP) is 6.18. The zero-order valence-corrected chi connectivity index (χ0v) is 30.3. The number of carbonyl (C=O) groups excluding carboxylic acids is 2. The second-order valence-corrected chi connectivity index (χ2v) is 13.1. The Hall–Kier alpha value is -4.57. The van der Waals surface area contributed by atoms with E-state index in [4.69, 9.17) is 14.2 Å². The van der Waals surface area contributed by atoms with Crippen molar-refractivity contribution in [3.8, 4) is 0 Å². The Morgan fingerprint density at radius 2 is 1.56 bits per heavy atom. The van der Waals surface area contributed by atoms with Crippen LogP contribution < -0.4 is 10.6 Å². The highest BCUT2D eigenvalue weighted by Gasteiger charge is 2.35. The monoisotopic (exact) mass is 772 g/mol. The number of ether oxygens (including phenoxy) is 3. The van der Waals surface area contributed by atoms with Gasteiger partial charge in [0.2, 0.25) is 23.3 Å². The van der Waals surface area contributed by atoms with Crippen LogP contribution in [0.2, 0.25) is 0 Å². The van der Waals surface area contributed by atoms with E-state index in [0.717, 1.165) is 75.8 Å². The number of nitrogens with one attached hydrogen (secondary N) is 2. The summed E-state index contributed by atoms with van der Waals surface area (Å²) in [6.07, 6.45) is -1.29. The highest BCUT2D eigenvalue weighted by atomic mass is 19.4. The van der Waals surface area contributed by atoms with Gasteiger partial charge in [0, 0.05) is 6.42 Å². The van der Waals surface area contributed by atoms with E-state index in [1.807, 2.05) is 0 Å². The Kier molecular flexibility index (Phi) is 17.3. The Balaban J connectivity index is 1.43.